The van der Waals surface area contributed by atoms with Crippen molar-refractivity contribution in [3.05, 3.63) is 23.9 Å². The van der Waals surface area contributed by atoms with Gasteiger partial charge in [-0.1, -0.05) is 13.8 Å². The van der Waals surface area contributed by atoms with Crippen LogP contribution in [-0.4, -0.2) is 48.2 Å². The molecule has 130 valence electrons. The third kappa shape index (κ3) is 2.59. The maximum absolute atomic E-state index is 12.8. The van der Waals surface area contributed by atoms with Crippen LogP contribution in [0.1, 0.15) is 43.5 Å². The first-order valence-electron chi connectivity index (χ1n) is 8.96. The lowest BCUT2D eigenvalue weighted by atomic mass is 9.56. The molecule has 0 spiro atoms. The van der Waals surface area contributed by atoms with Crippen LogP contribution in [0.15, 0.2) is 18.3 Å². The van der Waals surface area contributed by atoms with Crippen LogP contribution in [0.2, 0.25) is 0 Å². The Balaban J connectivity index is 1.42. The first-order valence-corrected chi connectivity index (χ1v) is 8.96. The standard InChI is InChI=1S/C19H26N2O3/c1-19(2)16(14-8-9-23-17(14)19)21(3)18(22)13-6-7-15(20-10-13)24-11-12-4-5-12/h6-7,10,12,14,16-17H,4-5,8-9,11H2,1-3H3/t14-,16+,17+/m0/s1. The summed E-state index contributed by atoms with van der Waals surface area (Å²) in [6.07, 6.45) is 5.47. The van der Waals surface area contributed by atoms with Crippen molar-refractivity contribution in [3.63, 3.8) is 0 Å². The lowest BCUT2D eigenvalue weighted by Crippen LogP contribution is -2.66. The summed E-state index contributed by atoms with van der Waals surface area (Å²) < 4.78 is 11.5. The van der Waals surface area contributed by atoms with Gasteiger partial charge >= 0.3 is 0 Å². The number of hydrogen-bond donors (Lipinski definition) is 0. The fourth-order valence-corrected chi connectivity index (χ4v) is 4.49. The van der Waals surface area contributed by atoms with E-state index in [1.165, 1.54) is 12.8 Å². The number of aromatic nitrogens is 1. The van der Waals surface area contributed by atoms with Gasteiger partial charge in [0.15, 0.2) is 0 Å². The number of hydrogen-bond acceptors (Lipinski definition) is 4. The van der Waals surface area contributed by atoms with Gasteiger partial charge in [0.25, 0.3) is 5.91 Å². The predicted molar refractivity (Wildman–Crippen MR) is 90.0 cm³/mol. The lowest BCUT2D eigenvalue weighted by Gasteiger charge is -2.57. The Kier molecular flexibility index (Phi) is 3.79. The molecule has 3 atom stereocenters. The number of ether oxygens (including phenoxy) is 2. The summed E-state index contributed by atoms with van der Waals surface area (Å²) in [6.45, 7) is 5.94. The second kappa shape index (κ2) is 5.73. The van der Waals surface area contributed by atoms with Crippen molar-refractivity contribution >= 4 is 5.91 Å². The molecule has 1 saturated heterocycles. The molecule has 5 nitrogen and oxygen atoms in total. The van der Waals surface area contributed by atoms with Gasteiger partial charge in [-0.25, -0.2) is 4.98 Å². The highest BCUT2D eigenvalue weighted by Gasteiger charge is 2.61. The van der Waals surface area contributed by atoms with E-state index in [1.54, 1.807) is 12.3 Å². The highest BCUT2D eigenvalue weighted by atomic mass is 16.5. The molecule has 4 rings (SSSR count). The summed E-state index contributed by atoms with van der Waals surface area (Å²) >= 11 is 0. The predicted octanol–water partition coefficient (Wildman–Crippen LogP) is 2.76. The smallest absolute Gasteiger partial charge is 0.255 e. The minimum Gasteiger partial charge on any atom is -0.477 e. The largest absolute Gasteiger partial charge is 0.477 e. The van der Waals surface area contributed by atoms with Gasteiger partial charge in [-0.3, -0.25) is 4.79 Å². The molecule has 0 bridgehead atoms. The van der Waals surface area contributed by atoms with Gasteiger partial charge in [-0.15, -0.1) is 0 Å². The van der Waals surface area contributed by atoms with Crippen LogP contribution < -0.4 is 4.74 Å². The zero-order valence-corrected chi connectivity index (χ0v) is 14.7. The maximum Gasteiger partial charge on any atom is 0.255 e. The van der Waals surface area contributed by atoms with E-state index in [1.807, 2.05) is 18.0 Å². The zero-order chi connectivity index (χ0) is 16.9. The van der Waals surface area contributed by atoms with Gasteiger partial charge in [0.1, 0.15) is 0 Å². The number of rotatable bonds is 5. The van der Waals surface area contributed by atoms with Crippen LogP contribution in [0.3, 0.4) is 0 Å². The molecule has 1 aliphatic heterocycles. The van der Waals surface area contributed by atoms with Crippen molar-refractivity contribution in [1.29, 1.82) is 0 Å². The first-order chi connectivity index (χ1) is 11.5. The second-order valence-electron chi connectivity index (χ2n) is 8.07. The van der Waals surface area contributed by atoms with Crippen LogP contribution in [0.5, 0.6) is 5.88 Å². The SMILES string of the molecule is CN(C(=O)c1ccc(OCC2CC2)nc1)[C@@H]1[C@@H]2CCO[C@H]2C1(C)C. The molecule has 0 N–H and O–H groups in total. The molecule has 2 aliphatic carbocycles. The normalized spacial score (nSPS) is 30.4. The van der Waals surface area contributed by atoms with E-state index in [0.29, 0.717) is 23.3 Å². The third-order valence-electron chi connectivity index (χ3n) is 5.92. The van der Waals surface area contributed by atoms with E-state index < -0.39 is 0 Å². The molecule has 0 aromatic carbocycles. The summed E-state index contributed by atoms with van der Waals surface area (Å²) in [5, 5.41) is 0. The Bertz CT molecular complexity index is 624. The minimum absolute atomic E-state index is 0.00627. The number of carbonyl (C=O) groups is 1. The summed E-state index contributed by atoms with van der Waals surface area (Å²) in [4.78, 5) is 19.0. The topological polar surface area (TPSA) is 51.7 Å². The molecule has 2 saturated carbocycles. The van der Waals surface area contributed by atoms with Crippen molar-refractivity contribution in [2.24, 2.45) is 17.3 Å². The third-order valence-corrected chi connectivity index (χ3v) is 5.92. The van der Waals surface area contributed by atoms with Gasteiger partial charge in [-0.2, -0.15) is 0 Å². The number of amides is 1. The second-order valence-corrected chi connectivity index (χ2v) is 8.07. The van der Waals surface area contributed by atoms with Crippen LogP contribution in [0, 0.1) is 17.3 Å². The van der Waals surface area contributed by atoms with Gasteiger partial charge < -0.3 is 14.4 Å². The van der Waals surface area contributed by atoms with Crippen molar-refractivity contribution in [3.8, 4) is 5.88 Å². The van der Waals surface area contributed by atoms with E-state index in [-0.39, 0.29) is 23.5 Å². The number of pyridine rings is 1. The molecule has 0 unspecified atom stereocenters. The zero-order valence-electron chi connectivity index (χ0n) is 14.7. The fraction of sp³-hybridized carbons (Fsp3) is 0.684. The lowest BCUT2D eigenvalue weighted by molar-refractivity contribution is -0.139. The van der Waals surface area contributed by atoms with Crippen molar-refractivity contribution in [2.45, 2.75) is 45.3 Å². The summed E-state index contributed by atoms with van der Waals surface area (Å²) in [5.74, 6) is 1.79. The highest BCUT2D eigenvalue weighted by Crippen LogP contribution is 2.54. The maximum atomic E-state index is 12.8. The van der Waals surface area contributed by atoms with Crippen molar-refractivity contribution in [2.75, 3.05) is 20.3 Å². The Labute approximate surface area is 143 Å². The number of carbonyl (C=O) groups excluding carboxylic acids is 1. The van der Waals surface area contributed by atoms with E-state index in [0.717, 1.165) is 19.6 Å². The van der Waals surface area contributed by atoms with Gasteiger partial charge in [0, 0.05) is 43.3 Å². The van der Waals surface area contributed by atoms with Crippen LogP contribution in [-0.2, 0) is 4.74 Å². The molecular weight excluding hydrogens is 304 g/mol. The van der Waals surface area contributed by atoms with Gasteiger partial charge in [0.2, 0.25) is 5.88 Å². The fourth-order valence-electron chi connectivity index (χ4n) is 4.49. The average Bonchev–Trinajstić information content (AvgIpc) is 3.30. The Morgan fingerprint density at radius 2 is 2.17 bits per heavy atom. The molecule has 2 heterocycles. The highest BCUT2D eigenvalue weighted by molar-refractivity contribution is 5.94. The van der Waals surface area contributed by atoms with E-state index in [4.69, 9.17) is 9.47 Å². The average molecular weight is 330 g/mol. The van der Waals surface area contributed by atoms with Crippen LogP contribution in [0.25, 0.3) is 0 Å². The van der Waals surface area contributed by atoms with Crippen molar-refractivity contribution < 1.29 is 14.3 Å². The van der Waals surface area contributed by atoms with E-state index >= 15 is 0 Å². The first kappa shape index (κ1) is 15.9. The van der Waals surface area contributed by atoms with Gasteiger partial charge in [-0.05, 0) is 31.2 Å². The van der Waals surface area contributed by atoms with Crippen LogP contribution >= 0.6 is 0 Å². The molecule has 24 heavy (non-hydrogen) atoms. The quantitative estimate of drug-likeness (QED) is 0.833. The van der Waals surface area contributed by atoms with Crippen molar-refractivity contribution in [1.82, 2.24) is 9.88 Å². The number of nitrogens with zero attached hydrogens (tertiary/aromatic N) is 2. The molecule has 3 fully saturated rings. The molecule has 3 aliphatic rings. The molecular formula is C19H26N2O3. The van der Waals surface area contributed by atoms with E-state index in [2.05, 4.69) is 18.8 Å². The molecule has 1 amide bonds. The van der Waals surface area contributed by atoms with Gasteiger partial charge in [0.05, 0.1) is 18.3 Å². The molecule has 1 aromatic heterocycles. The van der Waals surface area contributed by atoms with E-state index in [9.17, 15) is 4.79 Å². The molecule has 0 radical (unpaired) electrons. The van der Waals surface area contributed by atoms with Crippen LogP contribution in [0.4, 0.5) is 0 Å². The Hall–Kier alpha value is -1.62. The summed E-state index contributed by atoms with van der Waals surface area (Å²) in [5.41, 5.74) is 0.626. The summed E-state index contributed by atoms with van der Waals surface area (Å²) in [7, 11) is 1.90. The molecule has 1 aromatic rings. The monoisotopic (exact) mass is 330 g/mol. The summed E-state index contributed by atoms with van der Waals surface area (Å²) in [6, 6.07) is 3.85. The Morgan fingerprint density at radius 1 is 1.38 bits per heavy atom. The number of fused-ring (bicyclic) bond motifs is 1. The molecule has 5 heteroatoms. The minimum atomic E-state index is 0.00627. The Morgan fingerprint density at radius 3 is 2.83 bits per heavy atom.